The molecule has 21 heavy (non-hydrogen) atoms. The molecule has 1 aromatic heterocycles. The monoisotopic (exact) mass is 301 g/mol. The molecule has 1 heterocycles. The highest BCUT2D eigenvalue weighted by Gasteiger charge is 2.31. The molecule has 8 heteroatoms. The predicted molar refractivity (Wildman–Crippen MR) is 69.9 cm³/mol. The van der Waals surface area contributed by atoms with Crippen molar-refractivity contribution in [1.82, 2.24) is 4.98 Å². The van der Waals surface area contributed by atoms with E-state index in [0.29, 0.717) is 12.1 Å². The van der Waals surface area contributed by atoms with E-state index in [4.69, 9.17) is 10.5 Å². The van der Waals surface area contributed by atoms with Gasteiger partial charge >= 0.3 is 6.18 Å². The zero-order valence-electron chi connectivity index (χ0n) is 10.8. The summed E-state index contributed by atoms with van der Waals surface area (Å²) in [6, 6.07) is 4.91. The number of aromatic nitrogens is 1. The number of rotatable bonds is 3. The molecular formula is C13H11F4N3O. The van der Waals surface area contributed by atoms with Crippen molar-refractivity contribution in [2.75, 3.05) is 18.2 Å². The van der Waals surface area contributed by atoms with E-state index in [2.05, 4.69) is 10.3 Å². The third kappa shape index (κ3) is 3.33. The van der Waals surface area contributed by atoms with Gasteiger partial charge in [0, 0.05) is 0 Å². The second-order valence-electron chi connectivity index (χ2n) is 4.11. The highest BCUT2D eigenvalue weighted by Crippen LogP contribution is 2.33. The molecule has 0 spiro atoms. The standard InChI is InChI=1S/C13H11F4N3O/c1-21-12-9(18)4-5-11(20-12)19-10-6-7(13(15,16)17)2-3-8(10)14/h2-6H,18H2,1H3,(H,19,20). The van der Waals surface area contributed by atoms with E-state index < -0.39 is 17.6 Å². The summed E-state index contributed by atoms with van der Waals surface area (Å²) in [4.78, 5) is 3.91. The van der Waals surface area contributed by atoms with Crippen LogP contribution in [0, 0.1) is 5.82 Å². The zero-order chi connectivity index (χ0) is 15.6. The van der Waals surface area contributed by atoms with Crippen molar-refractivity contribution in [3.8, 4) is 5.88 Å². The van der Waals surface area contributed by atoms with Gasteiger partial charge in [0.25, 0.3) is 0 Å². The average Bonchev–Trinajstić information content (AvgIpc) is 2.42. The molecule has 0 radical (unpaired) electrons. The molecule has 0 unspecified atom stereocenters. The molecule has 0 fully saturated rings. The molecule has 0 saturated heterocycles. The van der Waals surface area contributed by atoms with Crippen LogP contribution in [-0.4, -0.2) is 12.1 Å². The van der Waals surface area contributed by atoms with Gasteiger partial charge in [-0.05, 0) is 30.3 Å². The van der Waals surface area contributed by atoms with E-state index in [-0.39, 0.29) is 23.1 Å². The van der Waals surface area contributed by atoms with Gasteiger partial charge in [0.15, 0.2) is 0 Å². The van der Waals surface area contributed by atoms with Crippen LogP contribution >= 0.6 is 0 Å². The van der Waals surface area contributed by atoms with Crippen molar-refractivity contribution in [2.45, 2.75) is 6.18 Å². The molecule has 0 saturated carbocycles. The Labute approximate surface area is 117 Å². The van der Waals surface area contributed by atoms with Crippen molar-refractivity contribution < 1.29 is 22.3 Å². The van der Waals surface area contributed by atoms with E-state index in [0.717, 1.165) is 6.07 Å². The van der Waals surface area contributed by atoms with Crippen molar-refractivity contribution in [3.63, 3.8) is 0 Å². The average molecular weight is 301 g/mol. The summed E-state index contributed by atoms with van der Waals surface area (Å²) in [5, 5.41) is 2.46. The third-order valence-corrected chi connectivity index (χ3v) is 2.64. The number of anilines is 3. The largest absolute Gasteiger partial charge is 0.479 e. The van der Waals surface area contributed by atoms with E-state index in [1.54, 1.807) is 0 Å². The van der Waals surface area contributed by atoms with Gasteiger partial charge in [-0.25, -0.2) is 4.39 Å². The fourth-order valence-corrected chi connectivity index (χ4v) is 1.62. The molecule has 0 bridgehead atoms. The normalized spacial score (nSPS) is 11.3. The molecule has 2 aromatic rings. The predicted octanol–water partition coefficient (Wildman–Crippen LogP) is 3.57. The molecule has 3 N–H and O–H groups in total. The Morgan fingerprint density at radius 1 is 1.19 bits per heavy atom. The number of nitrogens with one attached hydrogen (secondary N) is 1. The Bertz CT molecular complexity index is 658. The number of hydrogen-bond acceptors (Lipinski definition) is 4. The number of pyridine rings is 1. The van der Waals surface area contributed by atoms with Crippen LogP contribution in [0.25, 0.3) is 0 Å². The van der Waals surface area contributed by atoms with Gasteiger partial charge in [0.1, 0.15) is 11.6 Å². The molecule has 0 aliphatic rings. The van der Waals surface area contributed by atoms with Gasteiger partial charge in [-0.15, -0.1) is 0 Å². The van der Waals surface area contributed by atoms with Crippen LogP contribution in [0.5, 0.6) is 5.88 Å². The second-order valence-corrected chi connectivity index (χ2v) is 4.11. The van der Waals surface area contributed by atoms with E-state index >= 15 is 0 Å². The summed E-state index contributed by atoms with van der Waals surface area (Å²) in [5.41, 5.74) is 4.52. The number of ether oxygens (including phenoxy) is 1. The number of halogens is 4. The van der Waals surface area contributed by atoms with E-state index in [9.17, 15) is 17.6 Å². The van der Waals surface area contributed by atoms with Gasteiger partial charge in [0.2, 0.25) is 5.88 Å². The molecule has 0 amide bonds. The fourth-order valence-electron chi connectivity index (χ4n) is 1.62. The lowest BCUT2D eigenvalue weighted by Gasteiger charge is -2.12. The Balaban J connectivity index is 2.35. The van der Waals surface area contributed by atoms with Gasteiger partial charge in [-0.3, -0.25) is 0 Å². The minimum atomic E-state index is -4.56. The van der Waals surface area contributed by atoms with Gasteiger partial charge < -0.3 is 15.8 Å². The van der Waals surface area contributed by atoms with Crippen molar-refractivity contribution in [2.24, 2.45) is 0 Å². The summed E-state index contributed by atoms with van der Waals surface area (Å²) in [5.74, 6) is -0.632. The number of nitrogen functional groups attached to an aromatic ring is 1. The van der Waals surface area contributed by atoms with Crippen LogP contribution in [0.15, 0.2) is 30.3 Å². The first-order valence-electron chi connectivity index (χ1n) is 5.75. The number of alkyl halides is 3. The lowest BCUT2D eigenvalue weighted by molar-refractivity contribution is -0.137. The fraction of sp³-hybridized carbons (Fsp3) is 0.154. The summed E-state index contributed by atoms with van der Waals surface area (Å²) < 4.78 is 56.3. The molecule has 0 aliphatic heterocycles. The Morgan fingerprint density at radius 3 is 2.52 bits per heavy atom. The molecule has 4 nitrogen and oxygen atoms in total. The first kappa shape index (κ1) is 14.9. The van der Waals surface area contributed by atoms with Crippen LogP contribution in [0.2, 0.25) is 0 Å². The summed E-state index contributed by atoms with van der Waals surface area (Å²) in [7, 11) is 1.34. The molecule has 2 rings (SSSR count). The summed E-state index contributed by atoms with van der Waals surface area (Å²) >= 11 is 0. The Morgan fingerprint density at radius 2 is 1.90 bits per heavy atom. The van der Waals surface area contributed by atoms with Crippen LogP contribution in [0.4, 0.5) is 34.8 Å². The molecule has 1 aromatic carbocycles. The Kier molecular flexibility index (Phi) is 3.88. The first-order valence-corrected chi connectivity index (χ1v) is 5.75. The molecule has 112 valence electrons. The maximum atomic E-state index is 13.6. The smallest absolute Gasteiger partial charge is 0.416 e. The molecule has 0 aliphatic carbocycles. The number of nitrogens with zero attached hydrogens (tertiary/aromatic N) is 1. The van der Waals surface area contributed by atoms with Crippen molar-refractivity contribution in [3.05, 3.63) is 41.7 Å². The topological polar surface area (TPSA) is 60.2 Å². The van der Waals surface area contributed by atoms with Crippen LogP contribution in [0.1, 0.15) is 5.56 Å². The third-order valence-electron chi connectivity index (χ3n) is 2.64. The SMILES string of the molecule is COc1nc(Nc2cc(C(F)(F)F)ccc2F)ccc1N. The van der Waals surface area contributed by atoms with Gasteiger partial charge in [0.05, 0.1) is 24.0 Å². The minimum Gasteiger partial charge on any atom is -0.479 e. The van der Waals surface area contributed by atoms with Crippen LogP contribution < -0.4 is 15.8 Å². The number of hydrogen-bond donors (Lipinski definition) is 2. The first-order chi connectivity index (χ1) is 9.81. The Hall–Kier alpha value is -2.51. The number of methoxy groups -OCH3 is 1. The number of benzene rings is 1. The number of nitrogens with two attached hydrogens (primary N) is 1. The molecular weight excluding hydrogens is 290 g/mol. The minimum absolute atomic E-state index is 0.0902. The van der Waals surface area contributed by atoms with Crippen molar-refractivity contribution >= 4 is 17.2 Å². The van der Waals surface area contributed by atoms with Crippen LogP contribution in [0.3, 0.4) is 0 Å². The second kappa shape index (κ2) is 5.47. The summed E-state index contributed by atoms with van der Waals surface area (Å²) in [6.07, 6.45) is -4.56. The maximum Gasteiger partial charge on any atom is 0.416 e. The molecule has 0 atom stereocenters. The van der Waals surface area contributed by atoms with Gasteiger partial charge in [-0.2, -0.15) is 18.2 Å². The van der Waals surface area contributed by atoms with Crippen molar-refractivity contribution in [1.29, 1.82) is 0 Å². The summed E-state index contributed by atoms with van der Waals surface area (Å²) in [6.45, 7) is 0. The maximum absolute atomic E-state index is 13.6. The van der Waals surface area contributed by atoms with E-state index in [1.807, 2.05) is 0 Å². The highest BCUT2D eigenvalue weighted by molar-refractivity contribution is 5.61. The van der Waals surface area contributed by atoms with Crippen LogP contribution in [-0.2, 0) is 6.18 Å². The lowest BCUT2D eigenvalue weighted by Crippen LogP contribution is -2.07. The highest BCUT2D eigenvalue weighted by atomic mass is 19.4. The quantitative estimate of drug-likeness (QED) is 0.851. The van der Waals surface area contributed by atoms with Gasteiger partial charge in [-0.1, -0.05) is 0 Å². The lowest BCUT2D eigenvalue weighted by atomic mass is 10.2. The van der Waals surface area contributed by atoms with E-state index in [1.165, 1.54) is 19.2 Å². The zero-order valence-corrected chi connectivity index (χ0v) is 10.8.